The zero-order chi connectivity index (χ0) is 17.9. The topological polar surface area (TPSA) is 75.9 Å². The lowest BCUT2D eigenvalue weighted by molar-refractivity contribution is -0.118. The highest BCUT2D eigenvalue weighted by Gasteiger charge is 2.32. The third-order valence-corrected chi connectivity index (χ3v) is 5.79. The number of fused-ring (bicyclic) bond motifs is 1. The molecule has 7 heteroatoms. The van der Waals surface area contributed by atoms with Gasteiger partial charge in [0, 0.05) is 44.4 Å². The molecule has 0 bridgehead atoms. The highest BCUT2D eigenvalue weighted by Crippen LogP contribution is 2.34. The van der Waals surface area contributed by atoms with E-state index in [1.165, 1.54) is 39.0 Å². The third kappa shape index (κ3) is 3.58. The molecular weight excluding hydrogens is 328 g/mol. The van der Waals surface area contributed by atoms with E-state index < -0.39 is 0 Å². The Balaban J connectivity index is 1.52. The second kappa shape index (κ2) is 7.70. The van der Waals surface area contributed by atoms with Gasteiger partial charge in [0.15, 0.2) is 5.65 Å². The second-order valence-electron chi connectivity index (χ2n) is 7.59. The van der Waals surface area contributed by atoms with Crippen molar-refractivity contribution in [1.82, 2.24) is 30.0 Å². The fraction of sp³-hybridized carbons (Fsp3) is 0.684. The summed E-state index contributed by atoms with van der Waals surface area (Å²) in [4.78, 5) is 22.9. The van der Waals surface area contributed by atoms with Crippen molar-refractivity contribution in [3.05, 3.63) is 18.1 Å². The number of hydrogen-bond acceptors (Lipinski definition) is 5. The van der Waals surface area contributed by atoms with Crippen LogP contribution in [0.3, 0.4) is 0 Å². The van der Waals surface area contributed by atoms with Crippen molar-refractivity contribution in [3.8, 4) is 0 Å². The van der Waals surface area contributed by atoms with Crippen LogP contribution in [-0.4, -0.2) is 56.2 Å². The van der Waals surface area contributed by atoms with Crippen LogP contribution in [0.1, 0.15) is 57.1 Å². The minimum absolute atomic E-state index is 0.0216. The lowest BCUT2D eigenvalue weighted by Crippen LogP contribution is -2.34. The summed E-state index contributed by atoms with van der Waals surface area (Å²) in [6.07, 6.45) is 11.4. The monoisotopic (exact) mass is 356 g/mol. The quantitative estimate of drug-likeness (QED) is 0.888. The van der Waals surface area contributed by atoms with E-state index in [1.807, 2.05) is 4.68 Å². The van der Waals surface area contributed by atoms with Crippen LogP contribution in [0.5, 0.6) is 0 Å². The zero-order valence-corrected chi connectivity index (χ0v) is 15.5. The zero-order valence-electron chi connectivity index (χ0n) is 15.5. The number of rotatable bonds is 5. The van der Waals surface area contributed by atoms with E-state index in [0.29, 0.717) is 19.0 Å². The van der Waals surface area contributed by atoms with Crippen LogP contribution in [0.4, 0.5) is 0 Å². The second-order valence-corrected chi connectivity index (χ2v) is 7.59. The maximum atomic E-state index is 11.1. The first-order valence-electron chi connectivity index (χ1n) is 9.88. The highest BCUT2D eigenvalue weighted by atomic mass is 16.1. The van der Waals surface area contributed by atoms with Crippen LogP contribution < -0.4 is 5.32 Å². The number of likely N-dealkylation sites (tertiary alicyclic amines) is 1. The Labute approximate surface area is 154 Å². The van der Waals surface area contributed by atoms with E-state index in [0.717, 1.165) is 42.4 Å². The van der Waals surface area contributed by atoms with Gasteiger partial charge >= 0.3 is 0 Å². The van der Waals surface area contributed by atoms with E-state index in [9.17, 15) is 4.79 Å². The Morgan fingerprint density at radius 1 is 1.19 bits per heavy atom. The Morgan fingerprint density at radius 3 is 2.81 bits per heavy atom. The van der Waals surface area contributed by atoms with E-state index in [2.05, 4.69) is 20.2 Å². The van der Waals surface area contributed by atoms with E-state index in [-0.39, 0.29) is 5.91 Å². The predicted molar refractivity (Wildman–Crippen MR) is 99.8 cm³/mol. The van der Waals surface area contributed by atoms with Gasteiger partial charge in [-0.2, -0.15) is 5.10 Å². The normalized spacial score (nSPS) is 22.1. The van der Waals surface area contributed by atoms with Crippen molar-refractivity contribution in [1.29, 1.82) is 0 Å². The molecule has 2 aliphatic rings. The smallest absolute Gasteiger partial charge is 0.216 e. The molecule has 1 N–H and O–H groups in total. The lowest BCUT2D eigenvalue weighted by Gasteiger charge is -2.30. The summed E-state index contributed by atoms with van der Waals surface area (Å²) in [5.74, 6) is 0.407. The summed E-state index contributed by atoms with van der Waals surface area (Å²) in [7, 11) is 0. The van der Waals surface area contributed by atoms with Gasteiger partial charge in [-0.1, -0.05) is 19.3 Å². The molecule has 3 heterocycles. The van der Waals surface area contributed by atoms with Gasteiger partial charge in [0.25, 0.3) is 0 Å². The molecule has 0 aromatic carbocycles. The fourth-order valence-electron chi connectivity index (χ4n) is 4.48. The van der Waals surface area contributed by atoms with Crippen LogP contribution in [-0.2, 0) is 11.3 Å². The molecule has 2 aromatic heterocycles. The van der Waals surface area contributed by atoms with Crippen molar-refractivity contribution >= 4 is 17.1 Å². The summed E-state index contributed by atoms with van der Waals surface area (Å²) in [6, 6.07) is 0.757. The molecule has 0 spiro atoms. The van der Waals surface area contributed by atoms with Crippen molar-refractivity contribution in [2.45, 2.75) is 64.0 Å². The Hall–Kier alpha value is -2.02. The number of carbonyl (C=O) groups excluding carboxylic acids is 1. The van der Waals surface area contributed by atoms with Crippen LogP contribution in [0.25, 0.3) is 11.2 Å². The molecule has 2 aromatic rings. The number of aromatic nitrogens is 4. The van der Waals surface area contributed by atoms with Gasteiger partial charge in [-0.05, 0) is 25.8 Å². The van der Waals surface area contributed by atoms with Gasteiger partial charge in [-0.15, -0.1) is 0 Å². The molecule has 1 saturated heterocycles. The number of carbonyl (C=O) groups is 1. The molecule has 1 atom stereocenters. The average molecular weight is 356 g/mol. The highest BCUT2D eigenvalue weighted by molar-refractivity contribution is 5.74. The molecule has 7 nitrogen and oxygen atoms in total. The van der Waals surface area contributed by atoms with Crippen LogP contribution >= 0.6 is 0 Å². The number of hydrogen-bond donors (Lipinski definition) is 1. The maximum Gasteiger partial charge on any atom is 0.216 e. The average Bonchev–Trinajstić information content (AvgIpc) is 3.28. The minimum Gasteiger partial charge on any atom is -0.354 e. The third-order valence-electron chi connectivity index (χ3n) is 5.79. The van der Waals surface area contributed by atoms with E-state index in [1.54, 1.807) is 12.4 Å². The van der Waals surface area contributed by atoms with Crippen LogP contribution in [0, 0.1) is 0 Å². The Kier molecular flexibility index (Phi) is 5.15. The largest absolute Gasteiger partial charge is 0.354 e. The minimum atomic E-state index is -0.0216. The number of amides is 1. The lowest BCUT2D eigenvalue weighted by atomic mass is 9.94. The maximum absolute atomic E-state index is 11.1. The molecule has 4 rings (SSSR count). The molecule has 1 saturated carbocycles. The van der Waals surface area contributed by atoms with Gasteiger partial charge in [0.05, 0.1) is 12.2 Å². The molecule has 2 fully saturated rings. The molecule has 1 unspecified atom stereocenters. The standard InChI is InChI=1S/C19H28N6O/c1-14(26)20-10-12-25-19-18(21-8-9-22-19)17(23-25)15-7-11-24(13-15)16-5-3-2-4-6-16/h8-9,15-16H,2-7,10-13H2,1H3,(H,20,26). The van der Waals surface area contributed by atoms with Crippen LogP contribution in [0.15, 0.2) is 12.4 Å². The van der Waals surface area contributed by atoms with Gasteiger partial charge < -0.3 is 5.32 Å². The van der Waals surface area contributed by atoms with Crippen molar-refractivity contribution in [2.24, 2.45) is 0 Å². The van der Waals surface area contributed by atoms with Gasteiger partial charge in [-0.25, -0.2) is 14.6 Å². The fourth-order valence-corrected chi connectivity index (χ4v) is 4.48. The summed E-state index contributed by atoms with van der Waals surface area (Å²) >= 11 is 0. The molecule has 1 amide bonds. The molecule has 140 valence electrons. The van der Waals surface area contributed by atoms with Gasteiger partial charge in [0.1, 0.15) is 5.52 Å². The first-order chi connectivity index (χ1) is 12.7. The summed E-state index contributed by atoms with van der Waals surface area (Å²) in [6.45, 7) is 4.95. The SMILES string of the molecule is CC(=O)NCCn1nc(C2CCN(C3CCCCC3)C2)c2nccnc21. The molecule has 0 radical (unpaired) electrons. The van der Waals surface area contributed by atoms with Gasteiger partial charge in [-0.3, -0.25) is 9.69 Å². The molecular formula is C19H28N6O. The Morgan fingerprint density at radius 2 is 2.00 bits per heavy atom. The van der Waals surface area contributed by atoms with Crippen molar-refractivity contribution < 1.29 is 4.79 Å². The van der Waals surface area contributed by atoms with Gasteiger partial charge in [0.2, 0.25) is 5.91 Å². The summed E-state index contributed by atoms with van der Waals surface area (Å²) in [5.41, 5.74) is 2.82. The molecule has 26 heavy (non-hydrogen) atoms. The van der Waals surface area contributed by atoms with Crippen molar-refractivity contribution in [2.75, 3.05) is 19.6 Å². The first-order valence-corrected chi connectivity index (χ1v) is 9.88. The van der Waals surface area contributed by atoms with Crippen LogP contribution in [0.2, 0.25) is 0 Å². The molecule has 1 aliphatic carbocycles. The number of nitrogens with zero attached hydrogens (tertiary/aromatic N) is 5. The van der Waals surface area contributed by atoms with Crippen molar-refractivity contribution in [3.63, 3.8) is 0 Å². The first kappa shape index (κ1) is 17.4. The summed E-state index contributed by atoms with van der Waals surface area (Å²) in [5, 5.41) is 7.69. The Bertz CT molecular complexity index is 766. The van der Waals surface area contributed by atoms with E-state index in [4.69, 9.17) is 5.10 Å². The summed E-state index contributed by atoms with van der Waals surface area (Å²) < 4.78 is 1.90. The predicted octanol–water partition coefficient (Wildman–Crippen LogP) is 2.08. The number of nitrogens with one attached hydrogen (secondary N) is 1. The van der Waals surface area contributed by atoms with E-state index >= 15 is 0 Å². The molecule has 1 aliphatic heterocycles.